The molecular weight excluding hydrogens is 294 g/mol. The highest BCUT2D eigenvalue weighted by molar-refractivity contribution is 5.17. The van der Waals surface area contributed by atoms with Crippen molar-refractivity contribution in [3.8, 4) is 0 Å². The van der Waals surface area contributed by atoms with Gasteiger partial charge < -0.3 is 30.1 Å². The number of nitrogens with zero attached hydrogens (tertiary/aromatic N) is 1. The van der Waals surface area contributed by atoms with Crippen LogP contribution in [0.4, 0.5) is 0 Å². The van der Waals surface area contributed by atoms with Crippen molar-refractivity contribution in [2.45, 2.75) is 30.6 Å². The molecule has 0 bridgehead atoms. The van der Waals surface area contributed by atoms with Crippen molar-refractivity contribution in [2.24, 2.45) is 0 Å². The Labute approximate surface area is 137 Å². The number of piperidine rings is 1. The van der Waals surface area contributed by atoms with Crippen LogP contribution in [0.15, 0.2) is 30.3 Å². The first-order valence-corrected chi connectivity index (χ1v) is 8.26. The van der Waals surface area contributed by atoms with Gasteiger partial charge in [0.15, 0.2) is 6.29 Å². The van der Waals surface area contributed by atoms with Crippen molar-refractivity contribution in [1.29, 1.82) is 0 Å². The van der Waals surface area contributed by atoms with Crippen molar-refractivity contribution in [2.75, 3.05) is 40.3 Å². The van der Waals surface area contributed by atoms with Crippen LogP contribution in [0.3, 0.4) is 0 Å². The fraction of sp³-hybridized carbons (Fsp3) is 0.647. The predicted molar refractivity (Wildman–Crippen MR) is 88.2 cm³/mol. The molecule has 2 fully saturated rings. The van der Waals surface area contributed by atoms with Crippen LogP contribution in [0, 0.1) is 0 Å². The summed E-state index contributed by atoms with van der Waals surface area (Å²) in [4.78, 5) is 2.12. The number of fused-ring (bicyclic) bond motifs is 1. The van der Waals surface area contributed by atoms with E-state index in [1.54, 1.807) is 0 Å². The molecular formula is C17H27N3O3. The molecule has 2 aliphatic heterocycles. The minimum Gasteiger partial charge on any atom is -0.390 e. The van der Waals surface area contributed by atoms with Crippen molar-refractivity contribution in [1.82, 2.24) is 15.5 Å². The summed E-state index contributed by atoms with van der Waals surface area (Å²) in [5, 5.41) is 17.2. The molecule has 3 rings (SSSR count). The SMILES string of the molecule is CN(C)CCN[C@@H]1[C@@H]2O[C@H](c3ccccc3)OC[C@H]2NC[C@H]1O. The van der Waals surface area contributed by atoms with Crippen molar-refractivity contribution >= 4 is 0 Å². The Balaban J connectivity index is 1.67. The molecule has 0 aromatic heterocycles. The number of hydrogen-bond acceptors (Lipinski definition) is 6. The first kappa shape index (κ1) is 16.8. The fourth-order valence-electron chi connectivity index (χ4n) is 3.18. The number of ether oxygens (including phenoxy) is 2. The second kappa shape index (κ2) is 7.70. The number of hydrogen-bond donors (Lipinski definition) is 3. The Morgan fingerprint density at radius 3 is 2.83 bits per heavy atom. The quantitative estimate of drug-likeness (QED) is 0.707. The molecule has 0 amide bonds. The molecule has 6 heteroatoms. The van der Waals surface area contributed by atoms with E-state index in [4.69, 9.17) is 9.47 Å². The monoisotopic (exact) mass is 321 g/mol. The molecule has 3 N–H and O–H groups in total. The Hall–Kier alpha value is -1.02. The zero-order chi connectivity index (χ0) is 16.2. The summed E-state index contributed by atoms with van der Waals surface area (Å²) in [6.07, 6.45) is -0.949. The molecule has 0 radical (unpaired) electrons. The maximum Gasteiger partial charge on any atom is 0.184 e. The number of likely N-dealkylation sites (N-methyl/N-ethyl adjacent to an activating group) is 1. The highest BCUT2D eigenvalue weighted by atomic mass is 16.7. The van der Waals surface area contributed by atoms with Gasteiger partial charge in [-0.15, -0.1) is 0 Å². The van der Waals surface area contributed by atoms with Crippen LogP contribution in [-0.2, 0) is 9.47 Å². The minimum absolute atomic E-state index is 0.0867. The number of benzene rings is 1. The first-order chi connectivity index (χ1) is 11.1. The van der Waals surface area contributed by atoms with Gasteiger partial charge in [0.1, 0.15) is 0 Å². The van der Waals surface area contributed by atoms with E-state index in [1.807, 2.05) is 44.4 Å². The van der Waals surface area contributed by atoms with E-state index in [-0.39, 0.29) is 24.5 Å². The molecule has 6 nitrogen and oxygen atoms in total. The summed E-state index contributed by atoms with van der Waals surface area (Å²) < 4.78 is 12.1. The van der Waals surface area contributed by atoms with Gasteiger partial charge in [0, 0.05) is 25.2 Å². The van der Waals surface area contributed by atoms with Gasteiger partial charge in [0.25, 0.3) is 0 Å². The van der Waals surface area contributed by atoms with Crippen LogP contribution in [-0.4, -0.2) is 74.6 Å². The summed E-state index contributed by atoms with van der Waals surface area (Å²) in [7, 11) is 4.08. The van der Waals surface area contributed by atoms with Gasteiger partial charge >= 0.3 is 0 Å². The van der Waals surface area contributed by atoms with Gasteiger partial charge in [-0.1, -0.05) is 30.3 Å². The Kier molecular flexibility index (Phi) is 5.63. The molecule has 128 valence electrons. The predicted octanol–water partition coefficient (Wildman–Crippen LogP) is -0.0469. The lowest BCUT2D eigenvalue weighted by Gasteiger charge is -2.46. The molecule has 0 saturated carbocycles. The van der Waals surface area contributed by atoms with Crippen LogP contribution in [0.5, 0.6) is 0 Å². The molecule has 1 aromatic carbocycles. The number of aliphatic hydroxyl groups is 1. The summed E-state index contributed by atoms with van der Waals surface area (Å²) in [5.41, 5.74) is 1.01. The lowest BCUT2D eigenvalue weighted by molar-refractivity contribution is -0.248. The Morgan fingerprint density at radius 2 is 2.09 bits per heavy atom. The standard InChI is InChI=1S/C17H27N3O3/c1-20(2)9-8-18-15-14(21)10-19-13-11-22-17(23-16(13)15)12-6-4-3-5-7-12/h3-7,13-19,21H,8-11H2,1-2H3/t13-,14-,15+,16-,17-/m1/s1. The lowest BCUT2D eigenvalue weighted by Crippen LogP contribution is -2.68. The summed E-state index contributed by atoms with van der Waals surface area (Å²) in [5.74, 6) is 0. The summed E-state index contributed by atoms with van der Waals surface area (Å²) in [6, 6.07) is 9.97. The molecule has 2 heterocycles. The van der Waals surface area contributed by atoms with Crippen LogP contribution in [0.1, 0.15) is 11.9 Å². The average molecular weight is 321 g/mol. The van der Waals surface area contributed by atoms with E-state index >= 15 is 0 Å². The molecule has 0 aliphatic carbocycles. The van der Waals surface area contributed by atoms with Gasteiger partial charge in [-0.05, 0) is 14.1 Å². The second-order valence-corrected chi connectivity index (χ2v) is 6.54. The maximum absolute atomic E-state index is 10.4. The molecule has 5 atom stereocenters. The lowest BCUT2D eigenvalue weighted by atomic mass is 9.92. The van der Waals surface area contributed by atoms with Crippen molar-refractivity contribution in [3.05, 3.63) is 35.9 Å². The molecule has 0 spiro atoms. The van der Waals surface area contributed by atoms with Crippen molar-refractivity contribution in [3.63, 3.8) is 0 Å². The van der Waals surface area contributed by atoms with Crippen LogP contribution in [0.25, 0.3) is 0 Å². The second-order valence-electron chi connectivity index (χ2n) is 6.54. The van der Waals surface area contributed by atoms with Crippen LogP contribution in [0.2, 0.25) is 0 Å². The molecule has 2 aliphatic rings. The Bertz CT molecular complexity index is 485. The number of rotatable bonds is 5. The first-order valence-electron chi connectivity index (χ1n) is 8.26. The largest absolute Gasteiger partial charge is 0.390 e. The van der Waals surface area contributed by atoms with E-state index in [0.29, 0.717) is 13.2 Å². The third-order valence-corrected chi connectivity index (χ3v) is 4.47. The normalized spacial score (nSPS) is 34.3. The van der Waals surface area contributed by atoms with Gasteiger partial charge in [-0.2, -0.15) is 0 Å². The number of β-amino-alcohol motifs (C(OH)–C–C–N with tert-alkyl or cyclic N) is 1. The van der Waals surface area contributed by atoms with Crippen molar-refractivity contribution < 1.29 is 14.6 Å². The van der Waals surface area contributed by atoms with Gasteiger partial charge in [0.05, 0.1) is 30.9 Å². The summed E-state index contributed by atoms with van der Waals surface area (Å²) >= 11 is 0. The third-order valence-electron chi connectivity index (χ3n) is 4.47. The highest BCUT2D eigenvalue weighted by Crippen LogP contribution is 2.30. The fourth-order valence-corrected chi connectivity index (χ4v) is 3.18. The van der Waals surface area contributed by atoms with E-state index < -0.39 is 6.10 Å². The van der Waals surface area contributed by atoms with Crippen LogP contribution >= 0.6 is 0 Å². The van der Waals surface area contributed by atoms with E-state index in [9.17, 15) is 5.11 Å². The topological polar surface area (TPSA) is 66.0 Å². The smallest absolute Gasteiger partial charge is 0.184 e. The third kappa shape index (κ3) is 4.09. The van der Waals surface area contributed by atoms with E-state index in [0.717, 1.165) is 18.7 Å². The molecule has 1 aromatic rings. The molecule has 23 heavy (non-hydrogen) atoms. The number of aliphatic hydroxyl groups excluding tert-OH is 1. The van der Waals surface area contributed by atoms with Gasteiger partial charge in [0.2, 0.25) is 0 Å². The zero-order valence-corrected chi connectivity index (χ0v) is 13.8. The van der Waals surface area contributed by atoms with Crippen LogP contribution < -0.4 is 10.6 Å². The molecule has 0 unspecified atom stereocenters. The van der Waals surface area contributed by atoms with E-state index in [1.165, 1.54) is 0 Å². The zero-order valence-electron chi connectivity index (χ0n) is 13.8. The van der Waals surface area contributed by atoms with E-state index in [2.05, 4.69) is 15.5 Å². The molecule has 2 saturated heterocycles. The highest BCUT2D eigenvalue weighted by Gasteiger charge is 2.43. The maximum atomic E-state index is 10.4. The van der Waals surface area contributed by atoms with Gasteiger partial charge in [-0.25, -0.2) is 0 Å². The Morgan fingerprint density at radius 1 is 1.30 bits per heavy atom. The summed E-state index contributed by atoms with van der Waals surface area (Å²) in [6.45, 7) is 2.89. The average Bonchev–Trinajstić information content (AvgIpc) is 2.57. The number of nitrogens with one attached hydrogen (secondary N) is 2. The minimum atomic E-state index is -0.465. The van der Waals surface area contributed by atoms with Gasteiger partial charge in [-0.3, -0.25) is 0 Å².